The van der Waals surface area contributed by atoms with Crippen molar-refractivity contribution in [2.24, 2.45) is 5.73 Å². The smallest absolute Gasteiger partial charge is 0.322 e. The summed E-state index contributed by atoms with van der Waals surface area (Å²) < 4.78 is 49.6. The van der Waals surface area contributed by atoms with Gasteiger partial charge in [-0.2, -0.15) is 13.2 Å². The van der Waals surface area contributed by atoms with E-state index in [0.717, 1.165) is 12.1 Å². The van der Waals surface area contributed by atoms with Crippen LogP contribution >= 0.6 is 15.9 Å². The Kier molecular flexibility index (Phi) is 3.72. The van der Waals surface area contributed by atoms with Gasteiger partial charge in [-0.1, -0.05) is 15.9 Å². The fourth-order valence-electron chi connectivity index (χ4n) is 1.09. The second-order valence-corrected chi connectivity index (χ2v) is 3.85. The molecule has 0 saturated heterocycles. The minimum absolute atomic E-state index is 0.118. The zero-order valence-electron chi connectivity index (χ0n) is 7.48. The summed E-state index contributed by atoms with van der Waals surface area (Å²) in [5.41, 5.74) is 4.62. The summed E-state index contributed by atoms with van der Waals surface area (Å²) in [5.74, 6) is 0. The first-order chi connectivity index (χ1) is 6.86. The van der Waals surface area contributed by atoms with Crippen LogP contribution in [0, 0.1) is 0 Å². The molecule has 1 aromatic carbocycles. The first kappa shape index (κ1) is 12.4. The van der Waals surface area contributed by atoms with Crippen molar-refractivity contribution in [2.75, 3.05) is 6.67 Å². The molecule has 1 nitrogen and oxygen atoms in total. The van der Waals surface area contributed by atoms with Gasteiger partial charge in [0.25, 0.3) is 0 Å². The lowest BCUT2D eigenvalue weighted by molar-refractivity contribution is -0.137. The largest absolute Gasteiger partial charge is 0.416 e. The van der Waals surface area contributed by atoms with E-state index in [1.165, 1.54) is 6.07 Å². The molecule has 0 aliphatic heterocycles. The standard InChI is InChI=1S/C9H8BrF4N/c10-7-2-1-5(9(12,13)14)3-6(7)8(15)4-11/h1-3,8H,4,15H2/t8-/m0/s1. The van der Waals surface area contributed by atoms with Crippen LogP contribution in [0.2, 0.25) is 0 Å². The third-order valence-corrected chi connectivity index (χ3v) is 2.61. The number of hydrogen-bond acceptors (Lipinski definition) is 1. The van der Waals surface area contributed by atoms with Crippen molar-refractivity contribution in [2.45, 2.75) is 12.2 Å². The molecule has 1 aromatic rings. The Balaban J connectivity index is 3.17. The average molecular weight is 286 g/mol. The maximum absolute atomic E-state index is 12.3. The molecule has 0 aliphatic carbocycles. The van der Waals surface area contributed by atoms with Crippen LogP contribution in [-0.2, 0) is 6.18 Å². The number of benzene rings is 1. The lowest BCUT2D eigenvalue weighted by atomic mass is 10.1. The van der Waals surface area contributed by atoms with Crippen molar-refractivity contribution in [3.05, 3.63) is 33.8 Å². The lowest BCUT2D eigenvalue weighted by Gasteiger charge is -2.13. The number of hydrogen-bond donors (Lipinski definition) is 1. The second kappa shape index (κ2) is 4.49. The zero-order valence-corrected chi connectivity index (χ0v) is 9.07. The van der Waals surface area contributed by atoms with E-state index in [0.29, 0.717) is 4.47 Å². The molecular formula is C9H8BrF4N. The second-order valence-electron chi connectivity index (χ2n) is 2.99. The minimum Gasteiger partial charge on any atom is -0.322 e. The molecule has 1 rings (SSSR count). The van der Waals surface area contributed by atoms with E-state index >= 15 is 0 Å². The Bertz CT molecular complexity index is 350. The molecule has 0 aliphatic rings. The van der Waals surface area contributed by atoms with Gasteiger partial charge >= 0.3 is 6.18 Å². The number of rotatable bonds is 2. The first-order valence-electron chi connectivity index (χ1n) is 4.04. The van der Waals surface area contributed by atoms with Crippen LogP contribution in [0.3, 0.4) is 0 Å². The molecule has 0 amide bonds. The highest BCUT2D eigenvalue weighted by Crippen LogP contribution is 2.33. The minimum atomic E-state index is -4.44. The van der Waals surface area contributed by atoms with E-state index < -0.39 is 24.5 Å². The van der Waals surface area contributed by atoms with Crippen LogP contribution in [0.1, 0.15) is 17.2 Å². The maximum Gasteiger partial charge on any atom is 0.416 e. The fraction of sp³-hybridized carbons (Fsp3) is 0.333. The summed E-state index contributed by atoms with van der Waals surface area (Å²) >= 11 is 3.02. The van der Waals surface area contributed by atoms with Crippen molar-refractivity contribution in [3.63, 3.8) is 0 Å². The van der Waals surface area contributed by atoms with E-state index in [1.54, 1.807) is 0 Å². The van der Waals surface area contributed by atoms with Crippen LogP contribution in [-0.4, -0.2) is 6.67 Å². The van der Waals surface area contributed by atoms with Crippen molar-refractivity contribution in [1.29, 1.82) is 0 Å². The molecule has 1 atom stereocenters. The SMILES string of the molecule is N[C@@H](CF)c1cc(C(F)(F)F)ccc1Br. The molecule has 0 unspecified atom stereocenters. The van der Waals surface area contributed by atoms with E-state index in [4.69, 9.17) is 5.73 Å². The molecule has 0 fully saturated rings. The van der Waals surface area contributed by atoms with E-state index in [9.17, 15) is 17.6 Å². The fourth-order valence-corrected chi connectivity index (χ4v) is 1.63. The summed E-state index contributed by atoms with van der Waals surface area (Å²) in [6.07, 6.45) is -4.44. The molecule has 0 heterocycles. The average Bonchev–Trinajstić information content (AvgIpc) is 2.15. The normalized spacial score (nSPS) is 14.0. The Morgan fingerprint density at radius 1 is 1.33 bits per heavy atom. The molecular weight excluding hydrogens is 278 g/mol. The van der Waals surface area contributed by atoms with Gasteiger partial charge < -0.3 is 5.73 Å². The highest BCUT2D eigenvalue weighted by molar-refractivity contribution is 9.10. The topological polar surface area (TPSA) is 26.0 Å². The van der Waals surface area contributed by atoms with Gasteiger partial charge in [0, 0.05) is 4.47 Å². The van der Waals surface area contributed by atoms with Crippen molar-refractivity contribution >= 4 is 15.9 Å². The Labute approximate surface area is 92.4 Å². The van der Waals surface area contributed by atoms with Gasteiger partial charge in [-0.25, -0.2) is 4.39 Å². The number of halogens is 5. The summed E-state index contributed by atoms with van der Waals surface area (Å²) in [5, 5.41) is 0. The molecule has 6 heteroatoms. The number of nitrogens with two attached hydrogens (primary N) is 1. The maximum atomic E-state index is 12.3. The van der Waals surface area contributed by atoms with Gasteiger partial charge in [-0.3, -0.25) is 0 Å². The molecule has 0 spiro atoms. The Morgan fingerprint density at radius 3 is 2.40 bits per heavy atom. The van der Waals surface area contributed by atoms with Crippen LogP contribution in [0.15, 0.2) is 22.7 Å². The molecule has 0 aromatic heterocycles. The van der Waals surface area contributed by atoms with E-state index in [-0.39, 0.29) is 5.56 Å². The van der Waals surface area contributed by atoms with Gasteiger partial charge in [0.1, 0.15) is 6.67 Å². The summed E-state index contributed by atoms with van der Waals surface area (Å²) in [4.78, 5) is 0. The molecule has 0 radical (unpaired) electrons. The third-order valence-electron chi connectivity index (χ3n) is 1.89. The molecule has 0 bridgehead atoms. The van der Waals surface area contributed by atoms with Crippen molar-refractivity contribution in [3.8, 4) is 0 Å². The predicted molar refractivity (Wildman–Crippen MR) is 52.0 cm³/mol. The monoisotopic (exact) mass is 285 g/mol. The highest BCUT2D eigenvalue weighted by atomic mass is 79.9. The lowest BCUT2D eigenvalue weighted by Crippen LogP contribution is -2.14. The van der Waals surface area contributed by atoms with Crippen molar-refractivity contribution in [1.82, 2.24) is 0 Å². The first-order valence-corrected chi connectivity index (χ1v) is 4.83. The predicted octanol–water partition coefficient (Wildman–Crippen LogP) is 3.44. The zero-order chi connectivity index (χ0) is 11.6. The van der Waals surface area contributed by atoms with Gasteiger partial charge in [0.15, 0.2) is 0 Å². The van der Waals surface area contributed by atoms with Gasteiger partial charge in [0.05, 0.1) is 11.6 Å². The molecule has 15 heavy (non-hydrogen) atoms. The summed E-state index contributed by atoms with van der Waals surface area (Å²) in [6, 6.07) is 1.95. The van der Waals surface area contributed by atoms with Gasteiger partial charge in [-0.05, 0) is 23.8 Å². The van der Waals surface area contributed by atoms with Crippen LogP contribution in [0.5, 0.6) is 0 Å². The van der Waals surface area contributed by atoms with Gasteiger partial charge in [0.2, 0.25) is 0 Å². The third kappa shape index (κ3) is 2.92. The highest BCUT2D eigenvalue weighted by Gasteiger charge is 2.31. The number of alkyl halides is 4. The van der Waals surface area contributed by atoms with E-state index in [1.807, 2.05) is 0 Å². The summed E-state index contributed by atoms with van der Waals surface area (Å²) in [7, 11) is 0. The molecule has 84 valence electrons. The molecule has 2 N–H and O–H groups in total. The van der Waals surface area contributed by atoms with Crippen LogP contribution in [0.25, 0.3) is 0 Å². The van der Waals surface area contributed by atoms with E-state index in [2.05, 4.69) is 15.9 Å². The Hall–Kier alpha value is -0.620. The van der Waals surface area contributed by atoms with Gasteiger partial charge in [-0.15, -0.1) is 0 Å². The van der Waals surface area contributed by atoms with Crippen molar-refractivity contribution < 1.29 is 17.6 Å². The summed E-state index contributed by atoms with van der Waals surface area (Å²) in [6.45, 7) is -0.903. The molecule has 0 saturated carbocycles. The quantitative estimate of drug-likeness (QED) is 0.828. The van der Waals surface area contributed by atoms with Crippen LogP contribution < -0.4 is 5.73 Å². The van der Waals surface area contributed by atoms with Crippen LogP contribution in [0.4, 0.5) is 17.6 Å². The Morgan fingerprint density at radius 2 is 1.93 bits per heavy atom.